The molecule has 0 unspecified atom stereocenters. The van der Waals surface area contributed by atoms with Gasteiger partial charge in [0.2, 0.25) is 0 Å². The van der Waals surface area contributed by atoms with Crippen molar-refractivity contribution in [3.63, 3.8) is 0 Å². The van der Waals surface area contributed by atoms with Gasteiger partial charge in [-0.25, -0.2) is 0 Å². The summed E-state index contributed by atoms with van der Waals surface area (Å²) in [4.78, 5) is 0. The molecular weight excluding hydrogens is 115 g/mol. The first-order valence-electron chi connectivity index (χ1n) is 0.471. The Labute approximate surface area is 65.9 Å². The third-order valence-electron chi connectivity index (χ3n) is 0. The van der Waals surface area contributed by atoms with Gasteiger partial charge in [-0.1, -0.05) is 0 Å². The van der Waals surface area contributed by atoms with E-state index in [9.17, 15) is 0 Å². The summed E-state index contributed by atoms with van der Waals surface area (Å²) in [7, 11) is 0. The van der Waals surface area contributed by atoms with Crippen molar-refractivity contribution in [1.29, 1.82) is 0 Å². The van der Waals surface area contributed by atoms with Crippen LogP contribution in [0, 0.1) is 0 Å². The number of rotatable bonds is 0. The van der Waals surface area contributed by atoms with Crippen molar-refractivity contribution in [2.45, 2.75) is 0 Å². The van der Waals surface area contributed by atoms with Crippen LogP contribution in [0.3, 0.4) is 0 Å². The Kier molecular flexibility index (Phi) is 59.3. The molecule has 0 heterocycles. The van der Waals surface area contributed by atoms with Gasteiger partial charge in [-0.3, -0.25) is 0 Å². The second kappa shape index (κ2) is 18.3. The molecule has 0 aromatic carbocycles. The predicted molar refractivity (Wildman–Crippen MR) is 14.1 cm³/mol. The molecule has 5 heavy (non-hydrogen) atoms. The van der Waals surface area contributed by atoms with Gasteiger partial charge in [-0.05, 0) is 0 Å². The van der Waals surface area contributed by atoms with Crippen LogP contribution in [0.25, 0.3) is 0 Å². The van der Waals surface area contributed by atoms with Crippen molar-refractivity contribution in [3.8, 4) is 0 Å². The molecule has 0 aromatic rings. The van der Waals surface area contributed by atoms with Crippen LogP contribution in [0.2, 0.25) is 0 Å². The number of hydrogen-bond acceptors (Lipinski definition) is 3. The van der Waals surface area contributed by atoms with E-state index in [-0.39, 0.29) is 43.2 Å². The molecule has 0 aliphatic rings. The molecule has 0 spiro atoms. The van der Waals surface area contributed by atoms with Gasteiger partial charge in [0.15, 0.2) is 0 Å². The molecule has 3 nitrogen and oxygen atoms in total. The summed E-state index contributed by atoms with van der Waals surface area (Å²) in [6, 6.07) is 0. The Morgan fingerprint density at radius 2 is 1.60 bits per heavy atom. The van der Waals surface area contributed by atoms with E-state index < -0.39 is 15.5 Å². The first kappa shape index (κ1) is 16.2. The van der Waals surface area contributed by atoms with Gasteiger partial charge in [0.1, 0.15) is 0 Å². The molecule has 0 saturated heterocycles. The second-order valence-corrected chi connectivity index (χ2v) is 0.289. The summed E-state index contributed by atoms with van der Waals surface area (Å²) >= 11 is -1.75. The Morgan fingerprint density at radius 3 is 1.60 bits per heavy atom. The Hall–Kier alpha value is 1.35. The fourth-order valence-electron chi connectivity index (χ4n) is 0. The molecule has 0 fully saturated rings. The Morgan fingerprint density at radius 1 is 1.60 bits per heavy atom. The van der Waals surface area contributed by atoms with E-state index in [1.54, 1.807) is 0 Å². The summed E-state index contributed by atoms with van der Waals surface area (Å²) < 4.78 is 16.9. The SMILES string of the molecule is [Ca+2].[OH-].[O]=[Al][O-]. The Bertz CT molecular complexity index is 14.4. The van der Waals surface area contributed by atoms with E-state index in [0.717, 1.165) is 0 Å². The van der Waals surface area contributed by atoms with E-state index in [4.69, 9.17) is 7.96 Å². The normalized spacial score (nSPS) is 1.60. The van der Waals surface area contributed by atoms with E-state index in [1.165, 1.54) is 0 Å². The molecule has 0 aliphatic heterocycles. The summed E-state index contributed by atoms with van der Waals surface area (Å²) in [5, 5.41) is 0. The summed E-state index contributed by atoms with van der Waals surface area (Å²) in [5.41, 5.74) is 0. The topological polar surface area (TPSA) is 70.1 Å². The van der Waals surface area contributed by atoms with Crippen LogP contribution in [0.4, 0.5) is 0 Å². The van der Waals surface area contributed by atoms with Crippen molar-refractivity contribution < 1.29 is 13.4 Å². The fraction of sp³-hybridized carbons (Fsp3) is 0. The third kappa shape index (κ3) is 32.9. The van der Waals surface area contributed by atoms with Crippen LogP contribution in [-0.4, -0.2) is 58.7 Å². The summed E-state index contributed by atoms with van der Waals surface area (Å²) in [5.74, 6) is 0. The van der Waals surface area contributed by atoms with Crippen LogP contribution in [0.15, 0.2) is 0 Å². The zero-order valence-electron chi connectivity index (χ0n) is 2.55. The molecule has 0 rings (SSSR count). The molecule has 0 saturated carbocycles. The molecule has 0 atom stereocenters. The van der Waals surface area contributed by atoms with Gasteiger partial charge in [-0.15, -0.1) is 0 Å². The zero-order valence-corrected chi connectivity index (χ0v) is 5.91. The Balaban J connectivity index is -0.0000000200. The van der Waals surface area contributed by atoms with Crippen molar-refractivity contribution in [2.75, 3.05) is 0 Å². The van der Waals surface area contributed by atoms with Crippen molar-refractivity contribution in [1.82, 2.24) is 0 Å². The molecular formula is HAlCaO3. The molecule has 0 bridgehead atoms. The van der Waals surface area contributed by atoms with Crippen molar-refractivity contribution in [2.24, 2.45) is 0 Å². The van der Waals surface area contributed by atoms with Gasteiger partial charge in [-0.2, -0.15) is 0 Å². The van der Waals surface area contributed by atoms with E-state index in [0.29, 0.717) is 0 Å². The molecule has 0 aliphatic carbocycles. The van der Waals surface area contributed by atoms with Gasteiger partial charge in [0, 0.05) is 0 Å². The van der Waals surface area contributed by atoms with E-state index >= 15 is 0 Å². The van der Waals surface area contributed by atoms with Crippen LogP contribution in [0.1, 0.15) is 0 Å². The average molecular weight is 116 g/mol. The summed E-state index contributed by atoms with van der Waals surface area (Å²) in [6.45, 7) is 0. The average Bonchev–Trinajstić information content (AvgIpc) is 0.918. The molecule has 0 aromatic heterocycles. The molecule has 5 heteroatoms. The molecule has 24 valence electrons. The standard InChI is InChI=1S/Al.Ca.H2O.2O/h;;1H2;;/q;+2;;;-1/p-1. The van der Waals surface area contributed by atoms with Gasteiger partial charge < -0.3 is 5.48 Å². The number of hydrogen-bond donors (Lipinski definition) is 0. The van der Waals surface area contributed by atoms with Crippen molar-refractivity contribution in [3.05, 3.63) is 0 Å². The minimum absolute atomic E-state index is 0. The minimum atomic E-state index is -1.75. The molecule has 0 radical (unpaired) electrons. The summed E-state index contributed by atoms with van der Waals surface area (Å²) in [6.07, 6.45) is 0. The van der Waals surface area contributed by atoms with Gasteiger partial charge in [0.05, 0.1) is 0 Å². The second-order valence-electron chi connectivity index (χ2n) is 0.0962. The predicted octanol–water partition coefficient (Wildman–Crippen LogP) is -2.25. The van der Waals surface area contributed by atoms with E-state index in [1.807, 2.05) is 0 Å². The third-order valence-corrected chi connectivity index (χ3v) is 0. The van der Waals surface area contributed by atoms with Crippen LogP contribution >= 0.6 is 0 Å². The van der Waals surface area contributed by atoms with Gasteiger partial charge in [0.25, 0.3) is 0 Å². The maximum absolute atomic E-state index is 8.46. The van der Waals surface area contributed by atoms with Crippen LogP contribution in [0.5, 0.6) is 0 Å². The maximum atomic E-state index is 8.46. The first-order valence-corrected chi connectivity index (χ1v) is 1.41. The fourth-order valence-corrected chi connectivity index (χ4v) is 0. The van der Waals surface area contributed by atoms with E-state index in [2.05, 4.69) is 0 Å². The zero-order chi connectivity index (χ0) is 2.71. The first-order chi connectivity index (χ1) is 1.41. The molecule has 1 N–H and O–H groups in total. The van der Waals surface area contributed by atoms with Crippen LogP contribution in [-0.2, 0) is 3.80 Å². The van der Waals surface area contributed by atoms with Gasteiger partial charge >= 0.3 is 61.2 Å². The monoisotopic (exact) mass is 116 g/mol. The van der Waals surface area contributed by atoms with Crippen molar-refractivity contribution >= 4 is 53.2 Å². The quantitative estimate of drug-likeness (QED) is 0.336. The molecule has 0 amide bonds. The van der Waals surface area contributed by atoms with Crippen LogP contribution < -0.4 is 4.16 Å².